The fraction of sp³-hybridized carbons (Fsp3) is 0.508. The molecular formula is C59H83N13O16. The molecule has 18 N–H and O–H groups in total. The number of fused-ring (bicyclic) bond motifs is 2. The monoisotopic (exact) mass is 1230 g/mol. The molecule has 0 saturated heterocycles. The van der Waals surface area contributed by atoms with Crippen molar-refractivity contribution in [2.45, 2.75) is 161 Å². The van der Waals surface area contributed by atoms with Crippen LogP contribution in [0.1, 0.15) is 105 Å². The molecule has 480 valence electrons. The van der Waals surface area contributed by atoms with Crippen molar-refractivity contribution in [2.24, 2.45) is 35.1 Å². The number of aromatic amines is 2. The zero-order valence-electron chi connectivity index (χ0n) is 50.4. The van der Waals surface area contributed by atoms with Gasteiger partial charge in [-0.3, -0.25) is 57.5 Å². The van der Waals surface area contributed by atoms with Gasteiger partial charge in [0.15, 0.2) is 0 Å². The van der Waals surface area contributed by atoms with Crippen molar-refractivity contribution in [3.8, 4) is 0 Å². The van der Waals surface area contributed by atoms with Gasteiger partial charge in [0.2, 0.25) is 59.1 Å². The Morgan fingerprint density at radius 1 is 0.477 bits per heavy atom. The van der Waals surface area contributed by atoms with Crippen LogP contribution in [0.3, 0.4) is 0 Å². The maximum absolute atomic E-state index is 14.3. The summed E-state index contributed by atoms with van der Waals surface area (Å²) >= 11 is 0. The Morgan fingerprint density at radius 2 is 0.886 bits per heavy atom. The lowest BCUT2D eigenvalue weighted by molar-refractivity contribution is -0.143. The van der Waals surface area contributed by atoms with Crippen molar-refractivity contribution in [1.29, 1.82) is 0 Å². The molecule has 0 aliphatic rings. The average Bonchev–Trinajstić information content (AvgIpc) is 2.13. The second-order valence-electron chi connectivity index (χ2n) is 22.5. The zero-order chi connectivity index (χ0) is 65.7. The molecule has 0 unspecified atom stereocenters. The number of amides is 10. The normalized spacial score (nSPS) is 15.1. The lowest BCUT2D eigenvalue weighted by Gasteiger charge is -2.29. The molecule has 29 nitrogen and oxygen atoms in total. The van der Waals surface area contributed by atoms with Gasteiger partial charge < -0.3 is 84.6 Å². The highest BCUT2D eigenvalue weighted by molar-refractivity contribution is 6.00. The first-order valence-corrected chi connectivity index (χ1v) is 29.0. The number of H-pyrrole nitrogens is 2. The maximum atomic E-state index is 14.3. The molecule has 2 aromatic heterocycles. The number of carbonyl (C=O) groups is 13. The van der Waals surface area contributed by atoms with Gasteiger partial charge in [0.25, 0.3) is 0 Å². The lowest BCUT2D eigenvalue weighted by atomic mass is 9.97. The molecule has 0 radical (unpaired) electrons. The predicted molar refractivity (Wildman–Crippen MR) is 320 cm³/mol. The molecule has 11 atom stereocenters. The molecule has 2 heterocycles. The Balaban J connectivity index is 1.51. The Bertz CT molecular complexity index is 3180. The molecule has 4 rings (SSSR count). The van der Waals surface area contributed by atoms with Gasteiger partial charge in [-0.25, -0.2) is 4.79 Å². The van der Waals surface area contributed by atoms with Gasteiger partial charge in [-0.15, -0.1) is 0 Å². The first-order valence-electron chi connectivity index (χ1n) is 29.0. The summed E-state index contributed by atoms with van der Waals surface area (Å²) in [4.78, 5) is 179. The van der Waals surface area contributed by atoms with E-state index >= 15 is 0 Å². The number of rotatable bonds is 36. The summed E-state index contributed by atoms with van der Waals surface area (Å²) in [5.41, 5.74) is 13.9. The van der Waals surface area contributed by atoms with Crippen LogP contribution in [0.15, 0.2) is 60.9 Å². The molecule has 0 bridgehead atoms. The average molecular weight is 1230 g/mol. The van der Waals surface area contributed by atoms with E-state index in [2.05, 4.69) is 57.8 Å². The quantitative estimate of drug-likeness (QED) is 0.0272. The molecule has 2 aromatic carbocycles. The summed E-state index contributed by atoms with van der Waals surface area (Å²) < 4.78 is 0. The van der Waals surface area contributed by atoms with Gasteiger partial charge >= 0.3 is 17.9 Å². The summed E-state index contributed by atoms with van der Waals surface area (Å²) in [6, 6.07) is 0.497. The van der Waals surface area contributed by atoms with Gasteiger partial charge in [0.1, 0.15) is 48.3 Å². The number of hydrogen-bond acceptors (Lipinski definition) is 14. The topological polar surface area (TPSA) is 474 Å². The van der Waals surface area contributed by atoms with E-state index in [1.807, 2.05) is 0 Å². The fourth-order valence-corrected chi connectivity index (χ4v) is 9.40. The Morgan fingerprint density at radius 3 is 1.36 bits per heavy atom. The van der Waals surface area contributed by atoms with Crippen LogP contribution in [0.2, 0.25) is 0 Å². The van der Waals surface area contributed by atoms with Crippen LogP contribution in [0.4, 0.5) is 0 Å². The number of aromatic nitrogens is 2. The SMILES string of the molecule is CC[C@H](C)[C@H](N)C(=O)N[C@@H](CC(=O)O)C(=O)N[C@H](C(=O)NCC(=O)N[C@H](C(=O)N[C@@H](CCC(N)=O)C(=O)N[C@H](C(=O)N[C@@H](CC(=O)O)C(=O)N[C@@H](Cc1c[nH]c2ccccc12)C(=O)N[C@@H](Cc1c[nH]c2ccccc12)C(=O)O)C(C)C)[C@@H](C)CC)C(C)C. The number of hydrogen-bond donors (Lipinski definition) is 16. The number of primary amides is 1. The molecule has 0 spiro atoms. The van der Waals surface area contributed by atoms with Crippen LogP contribution in [0.25, 0.3) is 21.8 Å². The molecule has 0 aliphatic heterocycles. The van der Waals surface area contributed by atoms with Gasteiger partial charge in [-0.1, -0.05) is 105 Å². The first-order chi connectivity index (χ1) is 41.5. The number of carboxylic acid groups (broad SMARTS) is 3. The van der Waals surface area contributed by atoms with Crippen LogP contribution >= 0.6 is 0 Å². The van der Waals surface area contributed by atoms with Gasteiger partial charge in [-0.2, -0.15) is 0 Å². The predicted octanol–water partition coefficient (Wildman–Crippen LogP) is -0.540. The summed E-state index contributed by atoms with van der Waals surface area (Å²) in [5, 5.41) is 53.2. The number of nitrogens with two attached hydrogens (primary N) is 2. The van der Waals surface area contributed by atoms with E-state index in [0.29, 0.717) is 33.8 Å². The minimum Gasteiger partial charge on any atom is -0.481 e. The van der Waals surface area contributed by atoms with Crippen LogP contribution < -0.4 is 59.3 Å². The smallest absolute Gasteiger partial charge is 0.326 e. The third-order valence-corrected chi connectivity index (χ3v) is 15.1. The number of carbonyl (C=O) groups excluding carboxylic acids is 10. The molecule has 0 fully saturated rings. The molecule has 0 saturated carbocycles. The molecule has 0 aliphatic carbocycles. The Labute approximate surface area is 507 Å². The van der Waals surface area contributed by atoms with Crippen LogP contribution in [-0.4, -0.2) is 163 Å². The fourth-order valence-electron chi connectivity index (χ4n) is 9.40. The minimum absolute atomic E-state index is 0.172. The lowest BCUT2D eigenvalue weighted by Crippen LogP contribution is -2.61. The van der Waals surface area contributed by atoms with E-state index in [1.54, 1.807) is 102 Å². The zero-order valence-corrected chi connectivity index (χ0v) is 50.4. The maximum Gasteiger partial charge on any atom is 0.326 e. The molecule has 88 heavy (non-hydrogen) atoms. The van der Waals surface area contributed by atoms with E-state index in [4.69, 9.17) is 11.5 Å². The highest BCUT2D eigenvalue weighted by Crippen LogP contribution is 2.22. The standard InChI is InChI=1S/C59H83N13O16/c1-9-30(7)47(61)55(83)67-41(24-46(77)78)54(82)71-48(28(3)4)56(84)64-27-44(74)70-50(31(8)10-2)58(86)65-38(19-20-43(60)73)51(79)72-49(29(5)6)57(85)68-40(23-45(75)76)53(81)66-39(21-32-25-62-36-17-13-11-15-34(32)36)52(80)69-42(59(87)88)22-33-26-63-37-18-14-12-16-35(33)37/h11-18,25-26,28-31,38-42,47-50,62-63H,9-10,19-24,27,61H2,1-8H3,(H2,60,73)(H,64,84)(H,65,86)(H,66,81)(H,67,83)(H,68,85)(H,69,80)(H,70,74)(H,71,82)(H,72,79)(H,75,76)(H,77,78)(H,87,88)/t30-,31-,38-,39-,40-,41-,42-,47-,48-,49-,50-/m0/s1. The summed E-state index contributed by atoms with van der Waals surface area (Å²) in [6.07, 6.45) is 0.767. The van der Waals surface area contributed by atoms with E-state index in [0.717, 1.165) is 5.52 Å². The van der Waals surface area contributed by atoms with Crippen molar-refractivity contribution >= 4 is 98.8 Å². The van der Waals surface area contributed by atoms with Crippen molar-refractivity contribution in [3.63, 3.8) is 0 Å². The van der Waals surface area contributed by atoms with E-state index in [-0.39, 0.29) is 25.2 Å². The van der Waals surface area contributed by atoms with Crippen LogP contribution in [0.5, 0.6) is 0 Å². The molecule has 4 aromatic rings. The number of para-hydroxylation sites is 2. The van der Waals surface area contributed by atoms with Crippen molar-refractivity contribution in [2.75, 3.05) is 6.54 Å². The van der Waals surface area contributed by atoms with Crippen LogP contribution in [-0.2, 0) is 75.2 Å². The van der Waals surface area contributed by atoms with Gasteiger partial charge in [0.05, 0.1) is 25.4 Å². The first kappa shape index (κ1) is 71.1. The van der Waals surface area contributed by atoms with Gasteiger partial charge in [-0.05, 0) is 53.4 Å². The third-order valence-electron chi connectivity index (χ3n) is 15.1. The van der Waals surface area contributed by atoms with Crippen LogP contribution in [0, 0.1) is 23.7 Å². The van der Waals surface area contributed by atoms with E-state index in [1.165, 1.54) is 13.8 Å². The summed E-state index contributed by atoms with van der Waals surface area (Å²) in [5.74, 6) is -16.5. The minimum atomic E-state index is -1.91. The summed E-state index contributed by atoms with van der Waals surface area (Å²) in [6.45, 7) is 12.1. The second-order valence-corrected chi connectivity index (χ2v) is 22.5. The van der Waals surface area contributed by atoms with Gasteiger partial charge in [0, 0.05) is 53.5 Å². The van der Waals surface area contributed by atoms with Crippen molar-refractivity contribution < 1.29 is 77.6 Å². The molecular weight excluding hydrogens is 1150 g/mol. The highest BCUT2D eigenvalue weighted by Gasteiger charge is 2.38. The van der Waals surface area contributed by atoms with Crippen molar-refractivity contribution in [1.82, 2.24) is 57.8 Å². The van der Waals surface area contributed by atoms with E-state index < -0.39 is 181 Å². The number of nitrogens with one attached hydrogen (secondary N) is 11. The highest BCUT2D eigenvalue weighted by atomic mass is 16.4. The molecule has 29 heteroatoms. The number of aliphatic carboxylic acids is 3. The number of benzene rings is 2. The largest absolute Gasteiger partial charge is 0.481 e. The summed E-state index contributed by atoms with van der Waals surface area (Å²) in [7, 11) is 0. The Kier molecular flexibility index (Phi) is 27.0. The second kappa shape index (κ2) is 33.5. The van der Waals surface area contributed by atoms with Crippen molar-refractivity contribution in [3.05, 3.63) is 72.1 Å². The molecule has 10 amide bonds. The Hall–Kier alpha value is -9.41. The number of carboxylic acids is 3. The van der Waals surface area contributed by atoms with E-state index in [9.17, 15) is 77.6 Å². The third kappa shape index (κ3) is 20.9.